The highest BCUT2D eigenvalue weighted by Crippen LogP contribution is 2.33. The van der Waals surface area contributed by atoms with E-state index in [4.69, 9.17) is 9.47 Å². The Morgan fingerprint density at radius 3 is 2.73 bits per heavy atom. The number of hydrogen-bond donors (Lipinski definition) is 1. The van der Waals surface area contributed by atoms with Crippen molar-refractivity contribution < 1.29 is 14.3 Å². The second kappa shape index (κ2) is 8.34. The Morgan fingerprint density at radius 2 is 2.00 bits per heavy atom. The fourth-order valence-electron chi connectivity index (χ4n) is 2.96. The van der Waals surface area contributed by atoms with Crippen LogP contribution in [0.3, 0.4) is 0 Å². The number of aromatic nitrogens is 4. The van der Waals surface area contributed by atoms with Gasteiger partial charge in [-0.25, -0.2) is 4.98 Å². The zero-order chi connectivity index (χ0) is 21.1. The number of carbonyl (C=O) groups excluding carboxylic acids is 1. The van der Waals surface area contributed by atoms with Crippen LogP contribution in [-0.2, 0) is 7.05 Å². The zero-order valence-electron chi connectivity index (χ0n) is 16.6. The molecule has 30 heavy (non-hydrogen) atoms. The number of benzene rings is 1. The van der Waals surface area contributed by atoms with E-state index in [1.54, 1.807) is 51.9 Å². The van der Waals surface area contributed by atoms with Gasteiger partial charge in [0.15, 0.2) is 5.13 Å². The lowest BCUT2D eigenvalue weighted by molar-refractivity contribution is 0.101. The summed E-state index contributed by atoms with van der Waals surface area (Å²) in [7, 11) is 4.90. The van der Waals surface area contributed by atoms with Gasteiger partial charge in [-0.15, -0.1) is 11.3 Å². The average molecular weight is 421 g/mol. The van der Waals surface area contributed by atoms with Gasteiger partial charge in [0.2, 0.25) is 0 Å². The quantitative estimate of drug-likeness (QED) is 0.508. The molecule has 152 valence electrons. The standard InChI is InChI=1S/C21H19N5O3S/c1-26-18(10-16(25-26)15-9-14(28-2)6-7-19(15)29-3)20(27)24-21-23-17(12-30-21)13-5-4-8-22-11-13/h4-12H,1-3H3,(H,23,24,27). The van der Waals surface area contributed by atoms with E-state index in [2.05, 4.69) is 20.4 Å². The number of methoxy groups -OCH3 is 2. The minimum atomic E-state index is -0.301. The predicted molar refractivity (Wildman–Crippen MR) is 115 cm³/mol. The molecule has 4 rings (SSSR count). The molecule has 3 heterocycles. The molecule has 9 heteroatoms. The van der Waals surface area contributed by atoms with Crippen LogP contribution >= 0.6 is 11.3 Å². The summed E-state index contributed by atoms with van der Waals surface area (Å²) in [5.41, 5.74) is 3.39. The van der Waals surface area contributed by atoms with Crippen LogP contribution in [0.2, 0.25) is 0 Å². The maximum atomic E-state index is 12.8. The van der Waals surface area contributed by atoms with E-state index < -0.39 is 0 Å². The largest absolute Gasteiger partial charge is 0.497 e. The summed E-state index contributed by atoms with van der Waals surface area (Å²) in [6.07, 6.45) is 3.44. The minimum Gasteiger partial charge on any atom is -0.497 e. The van der Waals surface area contributed by atoms with E-state index in [1.807, 2.05) is 23.6 Å². The molecular formula is C21H19N5O3S. The number of carbonyl (C=O) groups is 1. The van der Waals surface area contributed by atoms with Crippen LogP contribution in [0.25, 0.3) is 22.5 Å². The molecule has 0 saturated carbocycles. The molecule has 1 aromatic carbocycles. The van der Waals surface area contributed by atoms with Crippen LogP contribution in [0.5, 0.6) is 11.5 Å². The molecule has 0 unspecified atom stereocenters. The highest BCUT2D eigenvalue weighted by Gasteiger charge is 2.18. The fourth-order valence-corrected chi connectivity index (χ4v) is 3.68. The van der Waals surface area contributed by atoms with Gasteiger partial charge in [-0.3, -0.25) is 19.8 Å². The summed E-state index contributed by atoms with van der Waals surface area (Å²) >= 11 is 1.35. The maximum Gasteiger partial charge on any atom is 0.275 e. The third-order valence-corrected chi connectivity index (χ3v) is 5.23. The maximum absolute atomic E-state index is 12.8. The Bertz CT molecular complexity index is 1190. The van der Waals surface area contributed by atoms with Gasteiger partial charge in [0.1, 0.15) is 17.2 Å². The predicted octanol–water partition coefficient (Wildman–Crippen LogP) is 3.88. The number of rotatable bonds is 6. The Labute approximate surface area is 177 Å². The summed E-state index contributed by atoms with van der Waals surface area (Å²) in [6, 6.07) is 10.9. The first kappa shape index (κ1) is 19.6. The number of thiazole rings is 1. The molecule has 3 aromatic heterocycles. The normalized spacial score (nSPS) is 10.6. The topological polar surface area (TPSA) is 91.2 Å². The van der Waals surface area contributed by atoms with Crippen molar-refractivity contribution in [1.82, 2.24) is 19.7 Å². The van der Waals surface area contributed by atoms with Gasteiger partial charge in [0, 0.05) is 35.9 Å². The van der Waals surface area contributed by atoms with Crippen molar-refractivity contribution in [2.75, 3.05) is 19.5 Å². The molecule has 0 bridgehead atoms. The van der Waals surface area contributed by atoms with Crippen molar-refractivity contribution in [3.8, 4) is 34.0 Å². The number of hydrogen-bond acceptors (Lipinski definition) is 7. The van der Waals surface area contributed by atoms with Gasteiger partial charge in [-0.1, -0.05) is 0 Å². The van der Waals surface area contributed by atoms with Gasteiger partial charge < -0.3 is 9.47 Å². The molecule has 0 fully saturated rings. The molecule has 4 aromatic rings. The molecule has 0 aliphatic rings. The number of aryl methyl sites for hydroxylation is 1. The second-order valence-corrected chi connectivity index (χ2v) is 7.20. The highest BCUT2D eigenvalue weighted by molar-refractivity contribution is 7.14. The van der Waals surface area contributed by atoms with Crippen LogP contribution in [0.1, 0.15) is 10.5 Å². The molecule has 8 nitrogen and oxygen atoms in total. The third-order valence-electron chi connectivity index (χ3n) is 4.48. The van der Waals surface area contributed by atoms with E-state index in [-0.39, 0.29) is 5.91 Å². The minimum absolute atomic E-state index is 0.301. The van der Waals surface area contributed by atoms with Crippen LogP contribution in [0.15, 0.2) is 54.2 Å². The van der Waals surface area contributed by atoms with Gasteiger partial charge >= 0.3 is 0 Å². The lowest BCUT2D eigenvalue weighted by atomic mass is 10.1. The summed E-state index contributed by atoms with van der Waals surface area (Å²) < 4.78 is 12.3. The molecule has 1 amide bonds. The molecule has 1 N–H and O–H groups in total. The molecule has 0 saturated heterocycles. The monoisotopic (exact) mass is 421 g/mol. The highest BCUT2D eigenvalue weighted by atomic mass is 32.1. The number of ether oxygens (including phenoxy) is 2. The first-order valence-corrected chi connectivity index (χ1v) is 9.90. The van der Waals surface area contributed by atoms with E-state index in [0.29, 0.717) is 28.0 Å². The molecule has 0 aliphatic heterocycles. The molecule has 0 aliphatic carbocycles. The van der Waals surface area contributed by atoms with Crippen molar-refractivity contribution in [1.29, 1.82) is 0 Å². The Kier molecular flexibility index (Phi) is 5.44. The fraction of sp³-hybridized carbons (Fsp3) is 0.143. The van der Waals surface area contributed by atoms with Crippen LogP contribution in [-0.4, -0.2) is 39.9 Å². The van der Waals surface area contributed by atoms with Crippen molar-refractivity contribution in [2.24, 2.45) is 7.05 Å². The Hall–Kier alpha value is -3.72. The number of anilines is 1. The van der Waals surface area contributed by atoms with E-state index >= 15 is 0 Å². The molecular weight excluding hydrogens is 402 g/mol. The summed E-state index contributed by atoms with van der Waals surface area (Å²) in [5, 5.41) is 9.69. The Balaban J connectivity index is 1.58. The lowest BCUT2D eigenvalue weighted by Gasteiger charge is -2.08. The number of nitrogens with zero attached hydrogens (tertiary/aromatic N) is 4. The van der Waals surface area contributed by atoms with Gasteiger partial charge in [0.25, 0.3) is 5.91 Å². The first-order chi connectivity index (χ1) is 14.6. The molecule has 0 atom stereocenters. The molecule has 0 spiro atoms. The summed E-state index contributed by atoms with van der Waals surface area (Å²) in [5.74, 6) is 1.01. The van der Waals surface area contributed by atoms with Gasteiger partial charge in [0.05, 0.1) is 25.6 Å². The smallest absolute Gasteiger partial charge is 0.275 e. The van der Waals surface area contributed by atoms with Gasteiger partial charge in [-0.05, 0) is 36.4 Å². The van der Waals surface area contributed by atoms with E-state index in [0.717, 1.165) is 16.8 Å². The second-order valence-electron chi connectivity index (χ2n) is 6.34. The van der Waals surface area contributed by atoms with E-state index in [9.17, 15) is 4.79 Å². The van der Waals surface area contributed by atoms with Crippen molar-refractivity contribution in [3.05, 3.63) is 59.9 Å². The zero-order valence-corrected chi connectivity index (χ0v) is 17.4. The number of nitrogens with one attached hydrogen (secondary N) is 1. The van der Waals surface area contributed by atoms with Crippen LogP contribution in [0, 0.1) is 0 Å². The number of pyridine rings is 1. The van der Waals surface area contributed by atoms with E-state index in [1.165, 1.54) is 16.0 Å². The average Bonchev–Trinajstić information content (AvgIpc) is 3.40. The van der Waals surface area contributed by atoms with Gasteiger partial charge in [-0.2, -0.15) is 5.10 Å². The third kappa shape index (κ3) is 3.87. The summed E-state index contributed by atoms with van der Waals surface area (Å²) in [4.78, 5) is 21.4. The van der Waals surface area contributed by atoms with Crippen molar-refractivity contribution in [3.63, 3.8) is 0 Å². The summed E-state index contributed by atoms with van der Waals surface area (Å²) in [6.45, 7) is 0. The first-order valence-electron chi connectivity index (χ1n) is 9.02. The van der Waals surface area contributed by atoms with Crippen LogP contribution in [0.4, 0.5) is 5.13 Å². The lowest BCUT2D eigenvalue weighted by Crippen LogP contribution is -2.15. The van der Waals surface area contributed by atoms with Crippen molar-refractivity contribution in [2.45, 2.75) is 0 Å². The van der Waals surface area contributed by atoms with Crippen molar-refractivity contribution >= 4 is 22.4 Å². The number of amides is 1. The molecule has 0 radical (unpaired) electrons. The Morgan fingerprint density at radius 1 is 1.13 bits per heavy atom. The SMILES string of the molecule is COc1ccc(OC)c(-c2cc(C(=O)Nc3nc(-c4cccnc4)cs3)n(C)n2)c1. The van der Waals surface area contributed by atoms with Crippen LogP contribution < -0.4 is 14.8 Å².